The molecule has 1 aromatic carbocycles. The molecule has 1 fully saturated rings. The highest BCUT2D eigenvalue weighted by molar-refractivity contribution is 14.0. The molecule has 1 aliphatic rings. The quantitative estimate of drug-likeness (QED) is 0.343. The van der Waals surface area contributed by atoms with Crippen LogP contribution in [0.5, 0.6) is 0 Å². The van der Waals surface area contributed by atoms with Crippen LogP contribution in [-0.2, 0) is 19.6 Å². The van der Waals surface area contributed by atoms with Crippen molar-refractivity contribution in [2.75, 3.05) is 33.2 Å². The van der Waals surface area contributed by atoms with Gasteiger partial charge in [-0.05, 0) is 40.5 Å². The van der Waals surface area contributed by atoms with Gasteiger partial charge in [0, 0.05) is 46.3 Å². The Hall–Kier alpha value is -1.27. The van der Waals surface area contributed by atoms with Crippen LogP contribution in [0.1, 0.15) is 18.3 Å². The lowest BCUT2D eigenvalue weighted by atomic mass is 10.2. The molecule has 1 aromatic heterocycles. The van der Waals surface area contributed by atoms with E-state index in [9.17, 15) is 4.39 Å². The van der Waals surface area contributed by atoms with E-state index in [-0.39, 0.29) is 29.8 Å². The molecule has 0 spiro atoms. The molecule has 0 aliphatic carbocycles. The van der Waals surface area contributed by atoms with Gasteiger partial charge in [0.1, 0.15) is 12.1 Å². The molecule has 0 atom stereocenters. The molecular weight excluding hydrogens is 540 g/mol. The molecule has 0 bridgehead atoms. The van der Waals surface area contributed by atoms with E-state index in [4.69, 9.17) is 0 Å². The molecule has 2 aromatic rings. The first-order valence-electron chi connectivity index (χ1n) is 9.09. The van der Waals surface area contributed by atoms with Gasteiger partial charge in [0.05, 0.1) is 11.0 Å². The first kappa shape index (κ1) is 23.0. The Bertz CT molecular complexity index is 790. The van der Waals surface area contributed by atoms with Gasteiger partial charge in [0.2, 0.25) is 0 Å². The molecule has 0 unspecified atom stereocenters. The number of piperazine rings is 1. The number of benzene rings is 1. The Morgan fingerprint density at radius 1 is 1.29 bits per heavy atom. The summed E-state index contributed by atoms with van der Waals surface area (Å²) >= 11 is 3.20. The molecule has 7 nitrogen and oxygen atoms in total. The van der Waals surface area contributed by atoms with E-state index in [2.05, 4.69) is 53.2 Å². The van der Waals surface area contributed by atoms with Gasteiger partial charge in [-0.1, -0.05) is 6.07 Å². The molecule has 3 rings (SSSR count). The highest BCUT2D eigenvalue weighted by Crippen LogP contribution is 2.18. The fourth-order valence-electron chi connectivity index (χ4n) is 3.18. The summed E-state index contributed by atoms with van der Waals surface area (Å²) in [5, 5.41) is 11.5. The minimum absolute atomic E-state index is 0. The van der Waals surface area contributed by atoms with Crippen LogP contribution in [0.25, 0.3) is 0 Å². The molecule has 10 heteroatoms. The van der Waals surface area contributed by atoms with Gasteiger partial charge >= 0.3 is 0 Å². The number of rotatable bonds is 5. The van der Waals surface area contributed by atoms with Crippen LogP contribution < -0.4 is 5.32 Å². The fraction of sp³-hybridized carbons (Fsp3) is 0.500. The van der Waals surface area contributed by atoms with Crippen molar-refractivity contribution >= 4 is 45.9 Å². The second-order valence-electron chi connectivity index (χ2n) is 6.45. The highest BCUT2D eigenvalue weighted by atomic mass is 127. The van der Waals surface area contributed by atoms with Crippen molar-refractivity contribution in [3.8, 4) is 0 Å². The summed E-state index contributed by atoms with van der Waals surface area (Å²) in [5.41, 5.74) is 0.991. The standard InChI is InChI=1S/C18H25BrFN7.HI/c1-3-26-13-23-24-17(26)11-22-18(21-2)27-8-6-25(7-9-27)12-14-4-5-15(19)16(20)10-14;/h4-5,10,13H,3,6-9,11-12H2,1-2H3,(H,21,22);1H. The van der Waals surface area contributed by atoms with Crippen LogP contribution in [0.2, 0.25) is 0 Å². The van der Waals surface area contributed by atoms with E-state index in [1.165, 1.54) is 0 Å². The molecule has 0 saturated carbocycles. The van der Waals surface area contributed by atoms with E-state index >= 15 is 0 Å². The topological polar surface area (TPSA) is 61.6 Å². The molecule has 1 saturated heterocycles. The normalized spacial score (nSPS) is 15.4. The van der Waals surface area contributed by atoms with Gasteiger partial charge in [0.15, 0.2) is 11.8 Å². The third-order valence-electron chi connectivity index (χ3n) is 4.71. The number of guanidine groups is 1. The van der Waals surface area contributed by atoms with E-state index in [0.717, 1.165) is 56.6 Å². The fourth-order valence-corrected chi connectivity index (χ4v) is 3.43. The summed E-state index contributed by atoms with van der Waals surface area (Å²) in [7, 11) is 1.80. The zero-order chi connectivity index (χ0) is 19.2. The number of hydrogen-bond acceptors (Lipinski definition) is 4. The second kappa shape index (κ2) is 11.1. The summed E-state index contributed by atoms with van der Waals surface area (Å²) in [6, 6.07) is 5.33. The average Bonchev–Trinajstić information content (AvgIpc) is 3.14. The van der Waals surface area contributed by atoms with Crippen molar-refractivity contribution in [3.63, 3.8) is 0 Å². The van der Waals surface area contributed by atoms with E-state index in [1.54, 1.807) is 25.5 Å². The maximum atomic E-state index is 13.7. The minimum atomic E-state index is -0.212. The van der Waals surface area contributed by atoms with Gasteiger partial charge in [-0.3, -0.25) is 9.89 Å². The Balaban J connectivity index is 0.00000280. The van der Waals surface area contributed by atoms with Crippen LogP contribution >= 0.6 is 39.9 Å². The second-order valence-corrected chi connectivity index (χ2v) is 7.30. The first-order chi connectivity index (χ1) is 13.1. The zero-order valence-electron chi connectivity index (χ0n) is 16.1. The van der Waals surface area contributed by atoms with Crippen LogP contribution in [0.4, 0.5) is 4.39 Å². The maximum absolute atomic E-state index is 13.7. The highest BCUT2D eigenvalue weighted by Gasteiger charge is 2.20. The number of nitrogens with zero attached hydrogens (tertiary/aromatic N) is 6. The molecular formula is C18H26BrFIN7. The lowest BCUT2D eigenvalue weighted by Gasteiger charge is -2.36. The zero-order valence-corrected chi connectivity index (χ0v) is 20.0. The third kappa shape index (κ3) is 5.86. The van der Waals surface area contributed by atoms with E-state index < -0.39 is 0 Å². The summed E-state index contributed by atoms with van der Waals surface area (Å²) in [5.74, 6) is 1.56. The van der Waals surface area contributed by atoms with Crippen LogP contribution in [0, 0.1) is 5.82 Å². The third-order valence-corrected chi connectivity index (χ3v) is 5.36. The number of halogens is 3. The predicted molar refractivity (Wildman–Crippen MR) is 122 cm³/mol. The van der Waals surface area contributed by atoms with Crippen LogP contribution in [0.3, 0.4) is 0 Å². The minimum Gasteiger partial charge on any atom is -0.349 e. The van der Waals surface area contributed by atoms with Gasteiger partial charge in [-0.15, -0.1) is 34.2 Å². The lowest BCUT2D eigenvalue weighted by molar-refractivity contribution is 0.172. The van der Waals surface area contributed by atoms with Gasteiger partial charge in [-0.25, -0.2) is 4.39 Å². The number of nitrogens with one attached hydrogen (secondary N) is 1. The van der Waals surface area contributed by atoms with Crippen LogP contribution in [0.15, 0.2) is 34.0 Å². The van der Waals surface area contributed by atoms with E-state index in [0.29, 0.717) is 11.0 Å². The van der Waals surface area contributed by atoms with Crippen molar-refractivity contribution in [1.82, 2.24) is 29.9 Å². The maximum Gasteiger partial charge on any atom is 0.194 e. The molecule has 0 radical (unpaired) electrons. The lowest BCUT2D eigenvalue weighted by Crippen LogP contribution is -2.52. The van der Waals surface area contributed by atoms with Crippen LogP contribution in [-0.4, -0.2) is 63.8 Å². The molecule has 28 heavy (non-hydrogen) atoms. The summed E-state index contributed by atoms with van der Waals surface area (Å²) in [6.07, 6.45) is 1.74. The smallest absolute Gasteiger partial charge is 0.194 e. The Morgan fingerprint density at radius 3 is 2.68 bits per heavy atom. The molecule has 1 N–H and O–H groups in total. The first-order valence-corrected chi connectivity index (χ1v) is 9.88. The average molecular weight is 566 g/mol. The summed E-state index contributed by atoms with van der Waals surface area (Å²) < 4.78 is 16.2. The number of aryl methyl sites for hydroxylation is 1. The monoisotopic (exact) mass is 565 g/mol. The molecule has 154 valence electrons. The summed E-state index contributed by atoms with van der Waals surface area (Å²) in [6.45, 7) is 7.82. The SMILES string of the molecule is CCn1cnnc1CNC(=NC)N1CCN(Cc2ccc(Br)c(F)c2)CC1.I. The number of hydrogen-bond donors (Lipinski definition) is 1. The van der Waals surface area contributed by atoms with Crippen molar-refractivity contribution in [2.24, 2.45) is 4.99 Å². The van der Waals surface area contributed by atoms with E-state index in [1.807, 2.05) is 10.6 Å². The van der Waals surface area contributed by atoms with Crippen molar-refractivity contribution in [1.29, 1.82) is 0 Å². The predicted octanol–water partition coefficient (Wildman–Crippen LogP) is 2.71. The molecule has 1 aliphatic heterocycles. The van der Waals surface area contributed by atoms with Crippen molar-refractivity contribution in [3.05, 3.63) is 46.2 Å². The van der Waals surface area contributed by atoms with Crippen molar-refractivity contribution in [2.45, 2.75) is 26.6 Å². The molecule has 0 amide bonds. The van der Waals surface area contributed by atoms with Gasteiger partial charge in [0.25, 0.3) is 0 Å². The Kier molecular flexibility index (Phi) is 9.09. The number of aromatic nitrogens is 3. The van der Waals surface area contributed by atoms with Gasteiger partial charge < -0.3 is 14.8 Å². The largest absolute Gasteiger partial charge is 0.349 e. The number of aliphatic imine (C=N–C) groups is 1. The summed E-state index contributed by atoms with van der Waals surface area (Å²) in [4.78, 5) is 8.97. The Labute approximate surface area is 190 Å². The van der Waals surface area contributed by atoms with Crippen molar-refractivity contribution < 1.29 is 4.39 Å². The molecule has 2 heterocycles. The van der Waals surface area contributed by atoms with Gasteiger partial charge in [-0.2, -0.15) is 0 Å². The Morgan fingerprint density at radius 2 is 2.04 bits per heavy atom.